The number of carbonyl (C=O) groups is 1. The summed E-state index contributed by atoms with van der Waals surface area (Å²) in [5.41, 5.74) is 5.17. The summed E-state index contributed by atoms with van der Waals surface area (Å²) in [5, 5.41) is 10.0. The van der Waals surface area contributed by atoms with E-state index in [0.29, 0.717) is 24.3 Å². The number of benzene rings is 2. The van der Waals surface area contributed by atoms with Crippen molar-refractivity contribution >= 4 is 5.78 Å². The Bertz CT molecular complexity index is 877. The van der Waals surface area contributed by atoms with Gasteiger partial charge in [-0.25, -0.2) is 0 Å². The summed E-state index contributed by atoms with van der Waals surface area (Å²) < 4.78 is 11.1. The third-order valence-corrected chi connectivity index (χ3v) is 5.72. The molecule has 5 heteroatoms. The number of aryl methyl sites for hydroxylation is 1. The number of aliphatic hydroxyl groups excluding tert-OH is 1. The molecule has 0 amide bonds. The molecule has 0 aromatic heterocycles. The van der Waals surface area contributed by atoms with Crippen LogP contribution in [0.3, 0.4) is 0 Å². The van der Waals surface area contributed by atoms with Crippen molar-refractivity contribution in [2.75, 3.05) is 20.4 Å². The van der Waals surface area contributed by atoms with E-state index in [9.17, 15) is 9.90 Å². The summed E-state index contributed by atoms with van der Waals surface area (Å²) in [5.74, 6) is 1.53. The molecular weight excluding hydrogens is 342 g/mol. The molecule has 2 aromatic carbocycles. The lowest BCUT2D eigenvalue weighted by atomic mass is 9.85. The van der Waals surface area contributed by atoms with Crippen LogP contribution in [0.25, 0.3) is 0 Å². The van der Waals surface area contributed by atoms with Gasteiger partial charge in [-0.2, -0.15) is 0 Å². The third-order valence-electron chi connectivity index (χ3n) is 5.72. The summed E-state index contributed by atoms with van der Waals surface area (Å²) in [4.78, 5) is 15.1. The van der Waals surface area contributed by atoms with Crippen LogP contribution >= 0.6 is 0 Å². The predicted molar refractivity (Wildman–Crippen MR) is 102 cm³/mol. The van der Waals surface area contributed by atoms with Gasteiger partial charge in [0.25, 0.3) is 0 Å². The number of ketones is 1. The predicted octanol–water partition coefficient (Wildman–Crippen LogP) is 2.95. The molecule has 4 rings (SSSR count). The van der Waals surface area contributed by atoms with Crippen LogP contribution in [0.1, 0.15) is 40.3 Å². The summed E-state index contributed by atoms with van der Waals surface area (Å²) in [6, 6.07) is 9.98. The molecule has 1 unspecified atom stereocenters. The lowest BCUT2D eigenvalue weighted by molar-refractivity contribution is -0.119. The van der Waals surface area contributed by atoms with Crippen molar-refractivity contribution in [2.45, 2.75) is 38.8 Å². The van der Waals surface area contributed by atoms with E-state index in [4.69, 9.17) is 9.47 Å². The van der Waals surface area contributed by atoms with E-state index in [1.54, 1.807) is 0 Å². The van der Waals surface area contributed by atoms with Gasteiger partial charge in [-0.3, -0.25) is 9.69 Å². The van der Waals surface area contributed by atoms with E-state index in [1.165, 1.54) is 0 Å². The Morgan fingerprint density at radius 3 is 2.89 bits per heavy atom. The second-order valence-corrected chi connectivity index (χ2v) is 7.41. The molecule has 2 aliphatic heterocycles. The quantitative estimate of drug-likeness (QED) is 0.881. The highest BCUT2D eigenvalue weighted by Gasteiger charge is 2.33. The number of fused-ring (bicyclic) bond motifs is 2. The van der Waals surface area contributed by atoms with Gasteiger partial charge in [0.15, 0.2) is 11.5 Å². The molecular formula is C22H25NO4. The zero-order chi connectivity index (χ0) is 19.0. The number of hydrogen-bond acceptors (Lipinski definition) is 5. The van der Waals surface area contributed by atoms with Crippen LogP contribution < -0.4 is 9.47 Å². The number of hydrogen-bond donors (Lipinski definition) is 1. The molecule has 0 bridgehead atoms. The van der Waals surface area contributed by atoms with Gasteiger partial charge in [-0.1, -0.05) is 24.3 Å². The molecule has 0 spiro atoms. The molecule has 0 aliphatic carbocycles. The largest absolute Gasteiger partial charge is 0.454 e. The minimum atomic E-state index is -0.120. The molecule has 2 aliphatic rings. The number of aliphatic hydroxyl groups is 1. The van der Waals surface area contributed by atoms with Crippen LogP contribution in [0.5, 0.6) is 11.5 Å². The molecule has 5 nitrogen and oxygen atoms in total. The number of nitrogens with zero attached hydrogens (tertiary/aromatic N) is 1. The topological polar surface area (TPSA) is 59.0 Å². The average Bonchev–Trinajstić information content (AvgIpc) is 3.12. The Morgan fingerprint density at radius 2 is 2.11 bits per heavy atom. The minimum absolute atomic E-state index is 0.0538. The maximum Gasteiger partial charge on any atom is 0.231 e. The third kappa shape index (κ3) is 3.33. The number of carbonyl (C=O) groups excluding carboxylic acids is 1. The maximum atomic E-state index is 12.9. The zero-order valence-corrected chi connectivity index (χ0v) is 15.8. The first-order valence-corrected chi connectivity index (χ1v) is 9.40. The highest BCUT2D eigenvalue weighted by atomic mass is 16.7. The van der Waals surface area contributed by atoms with Gasteiger partial charge < -0.3 is 14.6 Å². The van der Waals surface area contributed by atoms with Crippen molar-refractivity contribution in [1.29, 1.82) is 0 Å². The van der Waals surface area contributed by atoms with Gasteiger partial charge in [0.2, 0.25) is 6.79 Å². The monoisotopic (exact) mass is 367 g/mol. The highest BCUT2D eigenvalue weighted by Crippen LogP contribution is 2.45. The first kappa shape index (κ1) is 18.0. The summed E-state index contributed by atoms with van der Waals surface area (Å²) >= 11 is 0. The van der Waals surface area contributed by atoms with Gasteiger partial charge >= 0.3 is 0 Å². The van der Waals surface area contributed by atoms with E-state index < -0.39 is 0 Å². The van der Waals surface area contributed by atoms with Crippen molar-refractivity contribution in [3.05, 3.63) is 58.1 Å². The highest BCUT2D eigenvalue weighted by molar-refractivity contribution is 5.82. The first-order valence-electron chi connectivity index (χ1n) is 9.40. The normalized spacial score (nSPS) is 18.4. The molecule has 27 heavy (non-hydrogen) atoms. The van der Waals surface area contributed by atoms with E-state index >= 15 is 0 Å². The Labute approximate surface area is 159 Å². The van der Waals surface area contributed by atoms with Crippen LogP contribution in [0, 0.1) is 6.92 Å². The molecule has 1 N–H and O–H groups in total. The number of rotatable bonds is 5. The summed E-state index contributed by atoms with van der Waals surface area (Å²) in [6.45, 7) is 2.97. The summed E-state index contributed by atoms with van der Waals surface area (Å²) in [7, 11) is 2.04. The number of Topliss-reactive ketones (excluding diaryl/α,β-unsaturated/α-hetero) is 1. The van der Waals surface area contributed by atoms with Crippen LogP contribution in [0.4, 0.5) is 0 Å². The van der Waals surface area contributed by atoms with Crippen molar-refractivity contribution < 1.29 is 19.4 Å². The fourth-order valence-corrected chi connectivity index (χ4v) is 4.20. The standard InChI is InChI=1S/C22H25NO4/c1-14-5-3-4-6-15(14)9-17(25)11-19-21-16(7-8-23(19)2)10-20-22(18(21)12-24)27-13-26-20/h3-6,10,19,24H,7-9,11-13H2,1-2H3. The number of ether oxygens (including phenoxy) is 2. The van der Waals surface area contributed by atoms with E-state index in [-0.39, 0.29) is 25.2 Å². The first-order chi connectivity index (χ1) is 13.1. The maximum absolute atomic E-state index is 12.9. The Hall–Kier alpha value is -2.37. The molecule has 0 saturated carbocycles. The van der Waals surface area contributed by atoms with Crippen LogP contribution in [-0.4, -0.2) is 36.2 Å². The molecule has 2 aromatic rings. The van der Waals surface area contributed by atoms with Crippen molar-refractivity contribution in [2.24, 2.45) is 0 Å². The van der Waals surface area contributed by atoms with Crippen molar-refractivity contribution in [1.82, 2.24) is 4.90 Å². The smallest absolute Gasteiger partial charge is 0.231 e. The molecule has 0 radical (unpaired) electrons. The van der Waals surface area contributed by atoms with Crippen LogP contribution in [0.2, 0.25) is 0 Å². The molecule has 0 saturated heterocycles. The lowest BCUT2D eigenvalue weighted by Crippen LogP contribution is -2.34. The Balaban J connectivity index is 1.64. The van der Waals surface area contributed by atoms with E-state index in [0.717, 1.165) is 40.8 Å². The average molecular weight is 367 g/mol. The van der Waals surface area contributed by atoms with Crippen LogP contribution in [-0.2, 0) is 24.2 Å². The minimum Gasteiger partial charge on any atom is -0.454 e. The van der Waals surface area contributed by atoms with Gasteiger partial charge in [0, 0.05) is 31.0 Å². The summed E-state index contributed by atoms with van der Waals surface area (Å²) in [6.07, 6.45) is 1.73. The molecule has 0 fully saturated rings. The van der Waals surface area contributed by atoms with Crippen molar-refractivity contribution in [3.8, 4) is 11.5 Å². The second-order valence-electron chi connectivity index (χ2n) is 7.41. The molecule has 2 heterocycles. The van der Waals surface area contributed by atoms with Gasteiger partial charge in [0.1, 0.15) is 5.78 Å². The Kier molecular flexibility index (Phi) is 4.89. The molecule has 142 valence electrons. The van der Waals surface area contributed by atoms with Gasteiger partial charge in [-0.05, 0) is 48.7 Å². The van der Waals surface area contributed by atoms with Gasteiger partial charge in [0.05, 0.1) is 6.61 Å². The fourth-order valence-electron chi connectivity index (χ4n) is 4.20. The van der Waals surface area contributed by atoms with Crippen molar-refractivity contribution in [3.63, 3.8) is 0 Å². The second kappa shape index (κ2) is 7.33. The Morgan fingerprint density at radius 1 is 1.30 bits per heavy atom. The zero-order valence-electron chi connectivity index (χ0n) is 15.8. The SMILES string of the molecule is Cc1ccccc1CC(=O)CC1c2c(cc3c(c2CO)OCO3)CCN1C. The fraction of sp³-hybridized carbons (Fsp3) is 0.409. The number of likely N-dealkylation sites (N-methyl/N-ethyl adjacent to an activating group) is 1. The van der Waals surface area contributed by atoms with Crippen LogP contribution in [0.15, 0.2) is 30.3 Å². The van der Waals surface area contributed by atoms with Gasteiger partial charge in [-0.15, -0.1) is 0 Å². The van der Waals surface area contributed by atoms with E-state index in [1.807, 2.05) is 44.3 Å². The molecule has 1 atom stereocenters. The van der Waals surface area contributed by atoms with E-state index in [2.05, 4.69) is 4.90 Å². The lowest BCUT2D eigenvalue weighted by Gasteiger charge is -2.36.